The van der Waals surface area contributed by atoms with E-state index in [0.717, 1.165) is 0 Å². The summed E-state index contributed by atoms with van der Waals surface area (Å²) < 4.78 is 0. The lowest BCUT2D eigenvalue weighted by atomic mass is 9.82. The summed E-state index contributed by atoms with van der Waals surface area (Å²) in [4.78, 5) is 26.3. The van der Waals surface area contributed by atoms with Crippen LogP contribution in [0.4, 0.5) is 5.69 Å². The van der Waals surface area contributed by atoms with Gasteiger partial charge >= 0.3 is 0 Å². The number of hydrogen-bond donors (Lipinski definition) is 2. The fourth-order valence-corrected chi connectivity index (χ4v) is 3.34. The van der Waals surface area contributed by atoms with Crippen LogP contribution >= 0.6 is 11.6 Å². The number of halogens is 1. The van der Waals surface area contributed by atoms with Crippen molar-refractivity contribution < 1.29 is 14.7 Å². The standard InChI is InChI=1S/C18H17ClN2O3/c1-11(22)20-18(16(23)12-7-9-13(19)10-8-12)14-5-3-4-6-15(14)21(2)17(18)24/h3-10,16,23H,1-2H3,(H,20,22)/t16-,18-/m1/s1. The van der Waals surface area contributed by atoms with Gasteiger partial charge in [0.15, 0.2) is 5.54 Å². The van der Waals surface area contributed by atoms with Crippen molar-refractivity contribution in [2.24, 2.45) is 0 Å². The zero-order valence-corrected chi connectivity index (χ0v) is 14.0. The van der Waals surface area contributed by atoms with Crippen LogP contribution in [-0.4, -0.2) is 24.0 Å². The first-order chi connectivity index (χ1) is 11.4. The number of para-hydroxylation sites is 1. The number of nitrogens with one attached hydrogen (secondary N) is 1. The first kappa shape index (κ1) is 16.5. The molecular formula is C18H17ClN2O3. The summed E-state index contributed by atoms with van der Waals surface area (Å²) >= 11 is 5.90. The Kier molecular flexibility index (Phi) is 4.07. The van der Waals surface area contributed by atoms with Crippen molar-refractivity contribution in [3.8, 4) is 0 Å². The van der Waals surface area contributed by atoms with E-state index < -0.39 is 17.6 Å². The summed E-state index contributed by atoms with van der Waals surface area (Å²) in [7, 11) is 1.62. The lowest BCUT2D eigenvalue weighted by molar-refractivity contribution is -0.135. The SMILES string of the molecule is CC(=O)N[C@]1([C@H](O)c2ccc(Cl)cc2)C(=O)N(C)c2ccccc21. The van der Waals surface area contributed by atoms with Crippen LogP contribution < -0.4 is 10.2 Å². The van der Waals surface area contributed by atoms with E-state index >= 15 is 0 Å². The van der Waals surface area contributed by atoms with Crippen molar-refractivity contribution in [3.63, 3.8) is 0 Å². The van der Waals surface area contributed by atoms with Crippen LogP contribution in [0, 0.1) is 0 Å². The molecule has 0 bridgehead atoms. The molecule has 0 aromatic heterocycles. The van der Waals surface area contributed by atoms with Gasteiger partial charge in [0.1, 0.15) is 6.10 Å². The normalized spacial score (nSPS) is 20.7. The fourth-order valence-electron chi connectivity index (χ4n) is 3.21. The maximum atomic E-state index is 13.0. The van der Waals surface area contributed by atoms with Crippen LogP contribution in [0.2, 0.25) is 5.02 Å². The van der Waals surface area contributed by atoms with E-state index in [-0.39, 0.29) is 5.91 Å². The lowest BCUT2D eigenvalue weighted by Crippen LogP contribution is -2.55. The Morgan fingerprint density at radius 3 is 2.46 bits per heavy atom. The summed E-state index contributed by atoms with van der Waals surface area (Å²) in [6.07, 6.45) is -1.25. The zero-order valence-electron chi connectivity index (χ0n) is 13.3. The fraction of sp³-hybridized carbons (Fsp3) is 0.222. The van der Waals surface area contributed by atoms with E-state index in [0.29, 0.717) is 21.8 Å². The summed E-state index contributed by atoms with van der Waals surface area (Å²) in [6.45, 7) is 1.32. The van der Waals surface area contributed by atoms with Gasteiger partial charge in [-0.3, -0.25) is 9.59 Å². The van der Waals surface area contributed by atoms with Gasteiger partial charge in [-0.05, 0) is 23.8 Å². The van der Waals surface area contributed by atoms with E-state index in [1.165, 1.54) is 11.8 Å². The highest BCUT2D eigenvalue weighted by Crippen LogP contribution is 2.46. The number of nitrogens with zero attached hydrogens (tertiary/aromatic N) is 1. The van der Waals surface area contributed by atoms with Crippen LogP contribution in [-0.2, 0) is 15.1 Å². The summed E-state index contributed by atoms with van der Waals surface area (Å²) in [5, 5.41) is 14.3. The molecule has 0 unspecified atom stereocenters. The Labute approximate surface area is 144 Å². The third-order valence-electron chi connectivity index (χ3n) is 4.30. The second kappa shape index (κ2) is 5.92. The third kappa shape index (κ3) is 2.37. The first-order valence-electron chi connectivity index (χ1n) is 7.48. The molecule has 3 rings (SSSR count). The van der Waals surface area contributed by atoms with Gasteiger partial charge in [-0.25, -0.2) is 0 Å². The summed E-state index contributed by atoms with van der Waals surface area (Å²) in [5.41, 5.74) is 0.149. The van der Waals surface area contributed by atoms with Crippen molar-refractivity contribution >= 4 is 29.1 Å². The second-order valence-electron chi connectivity index (χ2n) is 5.82. The van der Waals surface area contributed by atoms with Gasteiger partial charge in [-0.1, -0.05) is 41.9 Å². The van der Waals surface area contributed by atoms with Gasteiger partial charge in [0.05, 0.1) is 0 Å². The van der Waals surface area contributed by atoms with E-state index in [1.54, 1.807) is 55.6 Å². The number of carbonyl (C=O) groups excluding carboxylic acids is 2. The first-order valence-corrected chi connectivity index (χ1v) is 7.85. The van der Waals surface area contributed by atoms with Gasteiger partial charge < -0.3 is 15.3 Å². The van der Waals surface area contributed by atoms with E-state index in [9.17, 15) is 14.7 Å². The van der Waals surface area contributed by atoms with Crippen molar-refractivity contribution in [2.45, 2.75) is 18.6 Å². The van der Waals surface area contributed by atoms with Crippen LogP contribution in [0.25, 0.3) is 0 Å². The molecule has 0 aliphatic carbocycles. The van der Waals surface area contributed by atoms with Gasteiger partial charge in [-0.2, -0.15) is 0 Å². The molecule has 0 saturated carbocycles. The second-order valence-corrected chi connectivity index (χ2v) is 6.26. The highest BCUT2D eigenvalue weighted by atomic mass is 35.5. The summed E-state index contributed by atoms with van der Waals surface area (Å²) in [6, 6.07) is 13.7. The van der Waals surface area contributed by atoms with Crippen LogP contribution in [0.3, 0.4) is 0 Å². The molecule has 0 saturated heterocycles. The number of fused-ring (bicyclic) bond motifs is 1. The van der Waals surface area contributed by atoms with Crippen molar-refractivity contribution in [2.75, 3.05) is 11.9 Å². The van der Waals surface area contributed by atoms with E-state index in [4.69, 9.17) is 11.6 Å². The Balaban J connectivity index is 2.20. The Morgan fingerprint density at radius 1 is 1.21 bits per heavy atom. The monoisotopic (exact) mass is 344 g/mol. The highest BCUT2D eigenvalue weighted by molar-refractivity contribution is 6.30. The molecule has 1 heterocycles. The zero-order chi connectivity index (χ0) is 17.5. The van der Waals surface area contributed by atoms with Gasteiger partial charge in [-0.15, -0.1) is 0 Å². The molecule has 6 heteroatoms. The smallest absolute Gasteiger partial charge is 0.260 e. The molecular weight excluding hydrogens is 328 g/mol. The van der Waals surface area contributed by atoms with Gasteiger partial charge in [0.25, 0.3) is 5.91 Å². The Morgan fingerprint density at radius 2 is 1.83 bits per heavy atom. The van der Waals surface area contributed by atoms with E-state index in [2.05, 4.69) is 5.32 Å². The number of amides is 2. The average molecular weight is 345 g/mol. The molecule has 1 aliphatic heterocycles. The topological polar surface area (TPSA) is 69.6 Å². The Bertz CT molecular complexity index is 806. The molecule has 0 spiro atoms. The molecule has 2 aromatic rings. The number of carbonyl (C=O) groups is 2. The molecule has 0 fully saturated rings. The predicted octanol–water partition coefficient (Wildman–Crippen LogP) is 2.38. The number of anilines is 1. The Hall–Kier alpha value is -2.37. The number of rotatable bonds is 3. The molecule has 124 valence electrons. The number of hydrogen-bond acceptors (Lipinski definition) is 3. The van der Waals surface area contributed by atoms with Crippen LogP contribution in [0.15, 0.2) is 48.5 Å². The summed E-state index contributed by atoms with van der Waals surface area (Å²) in [5.74, 6) is -0.789. The molecule has 1 aliphatic rings. The maximum absolute atomic E-state index is 13.0. The predicted molar refractivity (Wildman–Crippen MR) is 91.8 cm³/mol. The minimum atomic E-state index is -1.56. The van der Waals surface area contributed by atoms with Crippen LogP contribution in [0.1, 0.15) is 24.2 Å². The number of aliphatic hydroxyl groups excluding tert-OH is 1. The quantitative estimate of drug-likeness (QED) is 0.898. The highest BCUT2D eigenvalue weighted by Gasteiger charge is 2.55. The van der Waals surface area contributed by atoms with Crippen molar-refractivity contribution in [1.82, 2.24) is 5.32 Å². The van der Waals surface area contributed by atoms with Gasteiger partial charge in [0, 0.05) is 30.2 Å². The van der Waals surface area contributed by atoms with Crippen molar-refractivity contribution in [3.05, 3.63) is 64.7 Å². The molecule has 0 radical (unpaired) electrons. The number of aliphatic hydroxyl groups is 1. The maximum Gasteiger partial charge on any atom is 0.260 e. The number of benzene rings is 2. The molecule has 2 atom stereocenters. The minimum Gasteiger partial charge on any atom is -0.385 e. The third-order valence-corrected chi connectivity index (χ3v) is 4.55. The largest absolute Gasteiger partial charge is 0.385 e. The molecule has 2 N–H and O–H groups in total. The van der Waals surface area contributed by atoms with Gasteiger partial charge in [0.2, 0.25) is 5.91 Å². The minimum absolute atomic E-state index is 0.388. The van der Waals surface area contributed by atoms with E-state index in [1.807, 2.05) is 0 Å². The lowest BCUT2D eigenvalue weighted by Gasteiger charge is -2.34. The molecule has 2 amide bonds. The number of likely N-dealkylation sites (N-methyl/N-ethyl adjacent to an activating group) is 1. The average Bonchev–Trinajstić information content (AvgIpc) is 2.78. The van der Waals surface area contributed by atoms with Crippen molar-refractivity contribution in [1.29, 1.82) is 0 Å². The molecule has 24 heavy (non-hydrogen) atoms. The molecule has 2 aromatic carbocycles. The van der Waals surface area contributed by atoms with Crippen LogP contribution in [0.5, 0.6) is 0 Å². The molecule has 5 nitrogen and oxygen atoms in total.